The molecule has 0 saturated carbocycles. The van der Waals surface area contributed by atoms with E-state index >= 15 is 0 Å². The van der Waals surface area contributed by atoms with Crippen molar-refractivity contribution in [3.05, 3.63) is 35.9 Å². The molecule has 6 nitrogen and oxygen atoms in total. The Morgan fingerprint density at radius 1 is 1.17 bits per heavy atom. The standard InChI is InChI=1S/C18H25N3O3/c22-17-14-16(15-4-2-1-3-5-15)20(9-7-19-17)8-6-18(23)21-10-12-24-13-11-21/h1-5,16H,6-14H2,(H,19,22)/t16-/m0/s1. The first-order valence-electron chi connectivity index (χ1n) is 8.65. The molecule has 2 aliphatic rings. The van der Waals surface area contributed by atoms with E-state index in [9.17, 15) is 9.59 Å². The highest BCUT2D eigenvalue weighted by molar-refractivity contribution is 5.77. The first-order valence-corrected chi connectivity index (χ1v) is 8.65. The summed E-state index contributed by atoms with van der Waals surface area (Å²) in [6.07, 6.45) is 0.924. The van der Waals surface area contributed by atoms with Crippen LogP contribution in [0.1, 0.15) is 24.4 Å². The molecule has 2 saturated heterocycles. The summed E-state index contributed by atoms with van der Waals surface area (Å²) in [6, 6.07) is 10.1. The Kier molecular flexibility index (Phi) is 5.82. The topological polar surface area (TPSA) is 61.9 Å². The van der Waals surface area contributed by atoms with Gasteiger partial charge in [0.1, 0.15) is 0 Å². The van der Waals surface area contributed by atoms with Crippen molar-refractivity contribution in [3.63, 3.8) is 0 Å². The van der Waals surface area contributed by atoms with Crippen LogP contribution in [0.4, 0.5) is 0 Å². The molecule has 2 amide bonds. The first-order chi connectivity index (χ1) is 11.7. The Balaban J connectivity index is 1.64. The van der Waals surface area contributed by atoms with Crippen LogP contribution >= 0.6 is 0 Å². The van der Waals surface area contributed by atoms with Crippen LogP contribution in [0.3, 0.4) is 0 Å². The Labute approximate surface area is 142 Å². The lowest BCUT2D eigenvalue weighted by molar-refractivity contribution is -0.135. The number of carbonyl (C=O) groups is 2. The maximum absolute atomic E-state index is 12.4. The zero-order valence-electron chi connectivity index (χ0n) is 13.9. The molecule has 24 heavy (non-hydrogen) atoms. The van der Waals surface area contributed by atoms with Gasteiger partial charge in [-0.3, -0.25) is 14.5 Å². The number of hydrogen-bond donors (Lipinski definition) is 1. The second-order valence-corrected chi connectivity index (χ2v) is 6.26. The number of rotatable bonds is 4. The van der Waals surface area contributed by atoms with E-state index < -0.39 is 0 Å². The minimum atomic E-state index is 0.0335. The molecule has 2 aliphatic heterocycles. The van der Waals surface area contributed by atoms with E-state index in [4.69, 9.17) is 4.74 Å². The molecule has 0 spiro atoms. The molecule has 6 heteroatoms. The minimum absolute atomic E-state index is 0.0335. The van der Waals surface area contributed by atoms with Gasteiger partial charge in [-0.05, 0) is 5.56 Å². The molecular formula is C18H25N3O3. The van der Waals surface area contributed by atoms with Gasteiger partial charge in [-0.15, -0.1) is 0 Å². The van der Waals surface area contributed by atoms with Gasteiger partial charge in [0.15, 0.2) is 0 Å². The Hall–Kier alpha value is -1.92. The van der Waals surface area contributed by atoms with Gasteiger partial charge in [0.2, 0.25) is 11.8 Å². The molecule has 130 valence electrons. The number of carbonyl (C=O) groups excluding carboxylic acids is 2. The van der Waals surface area contributed by atoms with Crippen molar-refractivity contribution >= 4 is 11.8 Å². The molecule has 0 aromatic heterocycles. The predicted molar refractivity (Wildman–Crippen MR) is 90.4 cm³/mol. The van der Waals surface area contributed by atoms with Crippen LogP contribution in [0.5, 0.6) is 0 Å². The lowest BCUT2D eigenvalue weighted by Crippen LogP contribution is -2.42. The van der Waals surface area contributed by atoms with Crippen LogP contribution in [0, 0.1) is 0 Å². The van der Waals surface area contributed by atoms with Crippen molar-refractivity contribution in [2.45, 2.75) is 18.9 Å². The smallest absolute Gasteiger partial charge is 0.224 e. The molecule has 2 fully saturated rings. The summed E-state index contributed by atoms with van der Waals surface area (Å²) in [5.74, 6) is 0.250. The molecule has 3 rings (SSSR count). The normalized spacial score (nSPS) is 22.8. The monoisotopic (exact) mass is 331 g/mol. The highest BCUT2D eigenvalue weighted by Gasteiger charge is 2.27. The van der Waals surface area contributed by atoms with E-state index in [1.165, 1.54) is 0 Å². The van der Waals surface area contributed by atoms with Crippen LogP contribution in [-0.4, -0.2) is 67.6 Å². The van der Waals surface area contributed by atoms with E-state index in [2.05, 4.69) is 22.3 Å². The van der Waals surface area contributed by atoms with Crippen molar-refractivity contribution in [3.8, 4) is 0 Å². The van der Waals surface area contributed by atoms with Gasteiger partial charge in [0.05, 0.1) is 13.2 Å². The van der Waals surface area contributed by atoms with Crippen molar-refractivity contribution in [2.24, 2.45) is 0 Å². The molecule has 1 aromatic rings. The van der Waals surface area contributed by atoms with Crippen LogP contribution in [0.15, 0.2) is 30.3 Å². The van der Waals surface area contributed by atoms with Crippen molar-refractivity contribution in [1.82, 2.24) is 15.1 Å². The highest BCUT2D eigenvalue weighted by Crippen LogP contribution is 2.25. The maximum atomic E-state index is 12.4. The van der Waals surface area contributed by atoms with Crippen LogP contribution in [0.2, 0.25) is 0 Å². The molecule has 1 N–H and O–H groups in total. The maximum Gasteiger partial charge on any atom is 0.224 e. The van der Waals surface area contributed by atoms with Crippen molar-refractivity contribution in [2.75, 3.05) is 45.9 Å². The van der Waals surface area contributed by atoms with E-state index in [0.717, 1.165) is 12.1 Å². The molecule has 0 bridgehead atoms. The van der Waals surface area contributed by atoms with Gasteiger partial charge in [-0.2, -0.15) is 0 Å². The fourth-order valence-electron chi connectivity index (χ4n) is 3.35. The Morgan fingerprint density at radius 3 is 2.67 bits per heavy atom. The first kappa shape index (κ1) is 16.9. The third-order valence-electron chi connectivity index (χ3n) is 4.70. The van der Waals surface area contributed by atoms with E-state index in [1.54, 1.807) is 0 Å². The fraction of sp³-hybridized carbons (Fsp3) is 0.556. The molecule has 2 heterocycles. The zero-order valence-corrected chi connectivity index (χ0v) is 13.9. The average molecular weight is 331 g/mol. The lowest BCUT2D eigenvalue weighted by atomic mass is 10.0. The van der Waals surface area contributed by atoms with Gasteiger partial charge in [0, 0.05) is 51.6 Å². The Morgan fingerprint density at radius 2 is 1.92 bits per heavy atom. The minimum Gasteiger partial charge on any atom is -0.378 e. The number of nitrogens with one attached hydrogen (secondary N) is 1. The molecular weight excluding hydrogens is 306 g/mol. The third kappa shape index (κ3) is 4.33. The van der Waals surface area contributed by atoms with E-state index in [0.29, 0.717) is 52.2 Å². The quantitative estimate of drug-likeness (QED) is 0.886. The summed E-state index contributed by atoms with van der Waals surface area (Å²) >= 11 is 0. The second kappa shape index (κ2) is 8.26. The van der Waals surface area contributed by atoms with Gasteiger partial charge in [0.25, 0.3) is 0 Å². The van der Waals surface area contributed by atoms with Gasteiger partial charge in [-0.1, -0.05) is 30.3 Å². The highest BCUT2D eigenvalue weighted by atomic mass is 16.5. The molecule has 1 atom stereocenters. The molecule has 1 aromatic carbocycles. The molecule has 0 aliphatic carbocycles. The van der Waals surface area contributed by atoms with E-state index in [-0.39, 0.29) is 17.9 Å². The SMILES string of the molecule is O=C1C[C@@H](c2ccccc2)N(CCC(=O)N2CCOCC2)CCN1. The Bertz CT molecular complexity index is 558. The van der Waals surface area contributed by atoms with Crippen LogP contribution in [0.25, 0.3) is 0 Å². The summed E-state index contributed by atoms with van der Waals surface area (Å²) in [5, 5.41) is 2.93. The van der Waals surface area contributed by atoms with Gasteiger partial charge >= 0.3 is 0 Å². The largest absolute Gasteiger partial charge is 0.378 e. The van der Waals surface area contributed by atoms with Gasteiger partial charge < -0.3 is 15.0 Å². The number of hydrogen-bond acceptors (Lipinski definition) is 4. The number of morpholine rings is 1. The fourth-order valence-corrected chi connectivity index (χ4v) is 3.35. The summed E-state index contributed by atoms with van der Waals surface area (Å²) in [6.45, 7) is 4.68. The summed E-state index contributed by atoms with van der Waals surface area (Å²) < 4.78 is 5.30. The number of benzene rings is 1. The number of nitrogens with zero attached hydrogens (tertiary/aromatic N) is 2. The summed E-state index contributed by atoms with van der Waals surface area (Å²) in [5.41, 5.74) is 1.13. The third-order valence-corrected chi connectivity index (χ3v) is 4.70. The van der Waals surface area contributed by atoms with E-state index in [1.807, 2.05) is 23.1 Å². The molecule has 0 radical (unpaired) electrons. The van der Waals surface area contributed by atoms with Crippen LogP contribution in [-0.2, 0) is 14.3 Å². The number of amides is 2. The number of ether oxygens (including phenoxy) is 1. The summed E-state index contributed by atoms with van der Waals surface area (Å²) in [7, 11) is 0. The summed E-state index contributed by atoms with van der Waals surface area (Å²) in [4.78, 5) is 28.5. The van der Waals surface area contributed by atoms with Gasteiger partial charge in [-0.25, -0.2) is 0 Å². The average Bonchev–Trinajstić information content (AvgIpc) is 2.82. The molecule has 0 unspecified atom stereocenters. The second-order valence-electron chi connectivity index (χ2n) is 6.26. The van der Waals surface area contributed by atoms with Crippen molar-refractivity contribution < 1.29 is 14.3 Å². The predicted octanol–water partition coefficient (Wildman–Crippen LogP) is 0.799. The zero-order chi connectivity index (χ0) is 16.8. The lowest BCUT2D eigenvalue weighted by Gasteiger charge is -2.31. The van der Waals surface area contributed by atoms with Crippen molar-refractivity contribution in [1.29, 1.82) is 0 Å². The van der Waals surface area contributed by atoms with Crippen LogP contribution < -0.4 is 5.32 Å².